The van der Waals surface area contributed by atoms with E-state index in [-0.39, 0.29) is 30.3 Å². The normalized spacial score (nSPS) is 15.9. The van der Waals surface area contributed by atoms with E-state index in [4.69, 9.17) is 46.4 Å². The van der Waals surface area contributed by atoms with E-state index in [1.807, 2.05) is 0 Å². The largest absolute Gasteiger partial charge is 0.296 e. The van der Waals surface area contributed by atoms with E-state index in [0.29, 0.717) is 11.1 Å². The highest BCUT2D eigenvalue weighted by atomic mass is 35.5. The molecule has 0 spiro atoms. The summed E-state index contributed by atoms with van der Waals surface area (Å²) in [6, 6.07) is 11.3. The third kappa shape index (κ3) is 6.09. The molecule has 0 aliphatic heterocycles. The Labute approximate surface area is 171 Å². The Morgan fingerprint density at radius 2 is 1.00 bits per heavy atom. The maximum absolute atomic E-state index is 13.0. The maximum atomic E-state index is 13.0. The van der Waals surface area contributed by atoms with Crippen molar-refractivity contribution in [3.63, 3.8) is 0 Å². The van der Waals surface area contributed by atoms with Gasteiger partial charge < -0.3 is 0 Å². The first-order valence-electron chi connectivity index (χ1n) is 7.89. The summed E-state index contributed by atoms with van der Waals surface area (Å²) in [6.07, 6.45) is 0.306. The summed E-state index contributed by atoms with van der Waals surface area (Å²) in [5.41, 5.74) is 1.33. The van der Waals surface area contributed by atoms with Crippen molar-refractivity contribution in [3.05, 3.63) is 71.3 Å². The topological polar surface area (TPSA) is 17.1 Å². The number of benzene rings is 2. The van der Waals surface area contributed by atoms with Gasteiger partial charge in [-0.3, -0.25) is 4.79 Å². The Hall–Kier alpha value is -0.870. The smallest absolute Gasteiger partial charge is 0.168 e. The number of halogens is 6. The van der Waals surface area contributed by atoms with E-state index < -0.39 is 21.5 Å². The minimum atomic E-state index is -0.901. The molecule has 26 heavy (non-hydrogen) atoms. The number of hydrogen-bond acceptors (Lipinski definition) is 1. The average molecular weight is 440 g/mol. The van der Waals surface area contributed by atoms with Crippen LogP contribution in [0.2, 0.25) is 0 Å². The Bertz CT molecular complexity index is 660. The third-order valence-electron chi connectivity index (χ3n) is 3.91. The summed E-state index contributed by atoms with van der Waals surface area (Å²) in [6.45, 7) is 0. The Kier molecular flexibility index (Phi) is 8.15. The van der Waals surface area contributed by atoms with Crippen LogP contribution in [-0.2, 0) is 4.79 Å². The molecule has 4 atom stereocenters. The summed E-state index contributed by atoms with van der Waals surface area (Å²) < 4.78 is 25.9. The molecule has 0 radical (unpaired) electrons. The number of ketones is 1. The van der Waals surface area contributed by atoms with Crippen molar-refractivity contribution >= 4 is 52.2 Å². The molecule has 0 amide bonds. The first-order valence-corrected chi connectivity index (χ1v) is 9.63. The van der Waals surface area contributed by atoms with Crippen LogP contribution in [0.3, 0.4) is 0 Å². The molecule has 4 unspecified atom stereocenters. The molecule has 2 rings (SSSR count). The molecule has 2 aromatic carbocycles. The van der Waals surface area contributed by atoms with Gasteiger partial charge in [0, 0.05) is 0 Å². The van der Waals surface area contributed by atoms with Crippen LogP contribution >= 0.6 is 46.4 Å². The van der Waals surface area contributed by atoms with Gasteiger partial charge in [-0.15, -0.1) is 46.4 Å². The predicted octanol–water partition coefficient (Wildman–Crippen LogP) is 6.79. The molecule has 0 aliphatic carbocycles. The zero-order valence-corrected chi connectivity index (χ0v) is 16.5. The lowest BCUT2D eigenvalue weighted by Crippen LogP contribution is -2.26. The highest BCUT2D eigenvalue weighted by Gasteiger charge is 2.28. The van der Waals surface area contributed by atoms with E-state index in [1.165, 1.54) is 24.3 Å². The molecule has 7 heteroatoms. The van der Waals surface area contributed by atoms with E-state index in [0.717, 1.165) is 0 Å². The minimum Gasteiger partial charge on any atom is -0.296 e. The van der Waals surface area contributed by atoms with Crippen LogP contribution in [0.4, 0.5) is 8.78 Å². The average Bonchev–Trinajstić information content (AvgIpc) is 2.61. The Morgan fingerprint density at radius 3 is 1.31 bits per heavy atom. The quantitative estimate of drug-likeness (QED) is 0.414. The van der Waals surface area contributed by atoms with E-state index >= 15 is 0 Å². The third-order valence-corrected chi connectivity index (χ3v) is 5.56. The van der Waals surface area contributed by atoms with Gasteiger partial charge in [0.1, 0.15) is 11.6 Å². The summed E-state index contributed by atoms with van der Waals surface area (Å²) in [5, 5.41) is -2.89. The van der Waals surface area contributed by atoms with Crippen LogP contribution in [0.1, 0.15) is 34.7 Å². The molecular weight excluding hydrogens is 424 g/mol. The Balaban J connectivity index is 1.91. The van der Waals surface area contributed by atoms with Crippen LogP contribution < -0.4 is 0 Å². The van der Waals surface area contributed by atoms with Gasteiger partial charge in [-0.2, -0.15) is 0 Å². The molecule has 0 saturated heterocycles. The number of Topliss-reactive ketones (excluding diaryl/α,β-unsaturated/α-hetero) is 1. The van der Waals surface area contributed by atoms with Crippen molar-refractivity contribution in [1.82, 2.24) is 0 Å². The summed E-state index contributed by atoms with van der Waals surface area (Å²) in [5.74, 6) is -1.12. The van der Waals surface area contributed by atoms with E-state index in [1.54, 1.807) is 24.3 Å². The molecular formula is C19H16Cl4F2O. The zero-order valence-electron chi connectivity index (χ0n) is 13.5. The fraction of sp³-hybridized carbons (Fsp3) is 0.316. The highest BCUT2D eigenvalue weighted by Crippen LogP contribution is 2.32. The molecule has 140 valence electrons. The molecule has 0 fully saturated rings. The van der Waals surface area contributed by atoms with Crippen molar-refractivity contribution in [2.45, 2.75) is 34.3 Å². The van der Waals surface area contributed by atoms with Gasteiger partial charge >= 0.3 is 0 Å². The number of hydrogen-bond donors (Lipinski definition) is 0. The molecule has 0 bridgehead atoms. The van der Waals surface area contributed by atoms with Gasteiger partial charge in [0.25, 0.3) is 0 Å². The molecule has 0 saturated carbocycles. The van der Waals surface area contributed by atoms with Crippen molar-refractivity contribution < 1.29 is 13.6 Å². The van der Waals surface area contributed by atoms with Gasteiger partial charge in [-0.05, 0) is 48.2 Å². The molecule has 0 heterocycles. The van der Waals surface area contributed by atoms with E-state index in [9.17, 15) is 13.6 Å². The van der Waals surface area contributed by atoms with Crippen molar-refractivity contribution in [2.24, 2.45) is 0 Å². The summed E-state index contributed by atoms with van der Waals surface area (Å²) in [4.78, 5) is 12.4. The molecule has 0 aliphatic rings. The van der Waals surface area contributed by atoms with Gasteiger partial charge in [-0.1, -0.05) is 24.3 Å². The van der Waals surface area contributed by atoms with Gasteiger partial charge in [0.05, 0.1) is 21.5 Å². The van der Waals surface area contributed by atoms with Crippen molar-refractivity contribution in [1.29, 1.82) is 0 Å². The lowest BCUT2D eigenvalue weighted by atomic mass is 10.0. The summed E-state index contributed by atoms with van der Waals surface area (Å²) in [7, 11) is 0. The van der Waals surface area contributed by atoms with Crippen LogP contribution in [0, 0.1) is 11.6 Å². The number of carbonyl (C=O) groups is 1. The molecule has 0 N–H and O–H groups in total. The predicted molar refractivity (Wildman–Crippen MR) is 104 cm³/mol. The van der Waals surface area contributed by atoms with Crippen LogP contribution in [0.15, 0.2) is 48.5 Å². The summed E-state index contributed by atoms with van der Waals surface area (Å²) >= 11 is 24.8. The number of rotatable bonds is 8. The second-order valence-corrected chi connectivity index (χ2v) is 7.95. The lowest BCUT2D eigenvalue weighted by molar-refractivity contribution is -0.118. The lowest BCUT2D eigenvalue weighted by Gasteiger charge is -2.18. The highest BCUT2D eigenvalue weighted by molar-refractivity contribution is 6.40. The molecule has 0 aromatic heterocycles. The van der Waals surface area contributed by atoms with E-state index in [2.05, 4.69) is 0 Å². The molecule has 1 nitrogen and oxygen atoms in total. The molecule has 2 aromatic rings. The van der Waals surface area contributed by atoms with Gasteiger partial charge in [0.2, 0.25) is 0 Å². The standard InChI is InChI=1S/C19H16Cl4F2O/c20-15(11-1-5-13(24)6-2-11)9-17(22)19(26)18(23)10-16(21)12-3-7-14(25)8-4-12/h1-8,15-18H,9-10H2. The number of carbonyl (C=O) groups excluding carboxylic acids is 1. The second kappa shape index (κ2) is 9.89. The maximum Gasteiger partial charge on any atom is 0.168 e. The van der Waals surface area contributed by atoms with Gasteiger partial charge in [-0.25, -0.2) is 8.78 Å². The van der Waals surface area contributed by atoms with Crippen molar-refractivity contribution in [2.75, 3.05) is 0 Å². The van der Waals surface area contributed by atoms with Crippen LogP contribution in [0.5, 0.6) is 0 Å². The van der Waals surface area contributed by atoms with Crippen LogP contribution in [-0.4, -0.2) is 16.5 Å². The van der Waals surface area contributed by atoms with Gasteiger partial charge in [0.15, 0.2) is 5.78 Å². The van der Waals surface area contributed by atoms with Crippen LogP contribution in [0.25, 0.3) is 0 Å². The number of alkyl halides is 4. The zero-order chi connectivity index (χ0) is 19.3. The fourth-order valence-corrected chi connectivity index (χ4v) is 3.96. The SMILES string of the molecule is O=C(C(Cl)CC(Cl)c1ccc(F)cc1)C(Cl)CC(Cl)c1ccc(F)cc1. The monoisotopic (exact) mass is 438 g/mol. The Morgan fingerprint density at radius 1 is 0.692 bits per heavy atom. The first-order chi connectivity index (χ1) is 12.3. The first kappa shape index (κ1) is 21.4. The van der Waals surface area contributed by atoms with Crippen molar-refractivity contribution in [3.8, 4) is 0 Å². The fourth-order valence-electron chi connectivity index (χ4n) is 2.41. The minimum absolute atomic E-state index is 0.153. The second-order valence-electron chi connectivity index (χ2n) is 5.85.